The summed E-state index contributed by atoms with van der Waals surface area (Å²) in [6, 6.07) is 5.16. The van der Waals surface area contributed by atoms with Crippen LogP contribution >= 0.6 is 0 Å². The van der Waals surface area contributed by atoms with Crippen LogP contribution in [0.2, 0.25) is 0 Å². The van der Waals surface area contributed by atoms with Crippen LogP contribution in [-0.4, -0.2) is 12.6 Å². The van der Waals surface area contributed by atoms with Crippen LogP contribution in [0.3, 0.4) is 0 Å². The molecule has 1 rings (SSSR count). The van der Waals surface area contributed by atoms with Gasteiger partial charge in [-0.05, 0) is 44.0 Å². The van der Waals surface area contributed by atoms with E-state index >= 15 is 0 Å². The van der Waals surface area contributed by atoms with Crippen LogP contribution in [0.25, 0.3) is 0 Å². The molecule has 0 bridgehead atoms. The fourth-order valence-corrected chi connectivity index (χ4v) is 1.46. The molecule has 0 aliphatic rings. The Morgan fingerprint density at radius 3 is 2.71 bits per heavy atom. The van der Waals surface area contributed by atoms with Gasteiger partial charge >= 0.3 is 0 Å². The van der Waals surface area contributed by atoms with Crippen molar-refractivity contribution in [2.45, 2.75) is 46.3 Å². The molecule has 1 atom stereocenters. The zero-order valence-corrected chi connectivity index (χ0v) is 10.9. The number of nitrogens with one attached hydrogen (secondary N) is 1. The Morgan fingerprint density at radius 1 is 1.35 bits per heavy atom. The van der Waals surface area contributed by atoms with Crippen molar-refractivity contribution >= 4 is 0 Å². The molecule has 2 nitrogen and oxygen atoms in total. The van der Waals surface area contributed by atoms with E-state index in [-0.39, 0.29) is 11.9 Å². The highest BCUT2D eigenvalue weighted by atomic mass is 19.1. The van der Waals surface area contributed by atoms with Crippen LogP contribution in [0.4, 0.5) is 4.39 Å². The molecule has 0 radical (unpaired) electrons. The van der Waals surface area contributed by atoms with Crippen molar-refractivity contribution in [2.24, 2.45) is 0 Å². The van der Waals surface area contributed by atoms with E-state index in [1.165, 1.54) is 0 Å². The molecule has 0 aliphatic heterocycles. The fourth-order valence-electron chi connectivity index (χ4n) is 1.46. The highest BCUT2D eigenvalue weighted by Gasteiger charge is 2.07. The lowest BCUT2D eigenvalue weighted by Gasteiger charge is -2.14. The molecule has 0 saturated carbocycles. The van der Waals surface area contributed by atoms with Gasteiger partial charge in [-0.1, -0.05) is 19.9 Å². The molecule has 0 aliphatic carbocycles. The van der Waals surface area contributed by atoms with Gasteiger partial charge in [0, 0.05) is 6.54 Å². The van der Waals surface area contributed by atoms with Gasteiger partial charge in [-0.2, -0.15) is 0 Å². The first-order valence-corrected chi connectivity index (χ1v) is 6.33. The Hall–Kier alpha value is -1.09. The number of halogens is 1. The summed E-state index contributed by atoms with van der Waals surface area (Å²) >= 11 is 0. The average molecular weight is 239 g/mol. The predicted octanol–water partition coefficient (Wildman–Crippen LogP) is 3.50. The summed E-state index contributed by atoms with van der Waals surface area (Å²) in [6.07, 6.45) is 2.00. The second-order valence-electron chi connectivity index (χ2n) is 4.28. The van der Waals surface area contributed by atoms with Crippen molar-refractivity contribution < 1.29 is 9.13 Å². The summed E-state index contributed by atoms with van der Waals surface area (Å²) < 4.78 is 19.2. The summed E-state index contributed by atoms with van der Waals surface area (Å²) in [4.78, 5) is 0. The van der Waals surface area contributed by atoms with E-state index < -0.39 is 0 Å². The third-order valence-corrected chi connectivity index (χ3v) is 2.66. The summed E-state index contributed by atoms with van der Waals surface area (Å²) in [6.45, 7) is 7.72. The lowest BCUT2D eigenvalue weighted by molar-refractivity contribution is 0.207. The van der Waals surface area contributed by atoms with E-state index in [1.807, 2.05) is 19.9 Å². The normalized spacial score (nSPS) is 12.5. The minimum Gasteiger partial charge on any atom is -0.488 e. The molecule has 1 N–H and O–H groups in total. The topological polar surface area (TPSA) is 21.3 Å². The zero-order valence-electron chi connectivity index (χ0n) is 10.9. The van der Waals surface area contributed by atoms with Gasteiger partial charge in [-0.3, -0.25) is 0 Å². The van der Waals surface area contributed by atoms with Gasteiger partial charge in [-0.15, -0.1) is 0 Å². The van der Waals surface area contributed by atoms with Crippen LogP contribution in [-0.2, 0) is 6.54 Å². The standard InChI is InChI=1S/C14H22FNO/c1-4-8-16-10-12-6-7-14(13(15)9-12)17-11(3)5-2/h6-7,9,11,16H,4-5,8,10H2,1-3H3. The Labute approximate surface area is 103 Å². The van der Waals surface area contributed by atoms with Gasteiger partial charge in [0.2, 0.25) is 0 Å². The van der Waals surface area contributed by atoms with Gasteiger partial charge in [-0.25, -0.2) is 4.39 Å². The van der Waals surface area contributed by atoms with Gasteiger partial charge in [0.05, 0.1) is 6.10 Å². The van der Waals surface area contributed by atoms with Gasteiger partial charge < -0.3 is 10.1 Å². The van der Waals surface area contributed by atoms with Crippen molar-refractivity contribution in [3.63, 3.8) is 0 Å². The van der Waals surface area contributed by atoms with Crippen molar-refractivity contribution in [1.82, 2.24) is 5.32 Å². The average Bonchev–Trinajstić information content (AvgIpc) is 2.32. The van der Waals surface area contributed by atoms with Crippen LogP contribution in [0.1, 0.15) is 39.2 Å². The largest absolute Gasteiger partial charge is 0.488 e. The Morgan fingerprint density at radius 2 is 2.12 bits per heavy atom. The Bertz CT molecular complexity index is 341. The minimum absolute atomic E-state index is 0.0496. The molecule has 0 saturated heterocycles. The molecule has 0 aromatic heterocycles. The van der Waals surface area contributed by atoms with Crippen molar-refractivity contribution in [2.75, 3.05) is 6.54 Å². The Balaban J connectivity index is 2.59. The molecule has 96 valence electrons. The first-order valence-electron chi connectivity index (χ1n) is 6.33. The second-order valence-corrected chi connectivity index (χ2v) is 4.28. The summed E-state index contributed by atoms with van der Waals surface area (Å²) in [5, 5.41) is 3.24. The lowest BCUT2D eigenvalue weighted by Crippen LogP contribution is -2.14. The van der Waals surface area contributed by atoms with Crippen LogP contribution in [0.15, 0.2) is 18.2 Å². The highest BCUT2D eigenvalue weighted by molar-refractivity contribution is 5.29. The molecule has 17 heavy (non-hydrogen) atoms. The first kappa shape index (κ1) is 14.0. The summed E-state index contributed by atoms with van der Waals surface area (Å²) in [7, 11) is 0. The van der Waals surface area contributed by atoms with Crippen molar-refractivity contribution in [3.05, 3.63) is 29.6 Å². The van der Waals surface area contributed by atoms with Crippen LogP contribution in [0.5, 0.6) is 5.75 Å². The highest BCUT2D eigenvalue weighted by Crippen LogP contribution is 2.20. The van der Waals surface area contributed by atoms with E-state index in [2.05, 4.69) is 12.2 Å². The number of ether oxygens (including phenoxy) is 1. The molecule has 0 heterocycles. The van der Waals surface area contributed by atoms with Gasteiger partial charge in [0.25, 0.3) is 0 Å². The van der Waals surface area contributed by atoms with Crippen molar-refractivity contribution in [3.8, 4) is 5.75 Å². The maximum Gasteiger partial charge on any atom is 0.165 e. The van der Waals surface area contributed by atoms with E-state index in [4.69, 9.17) is 4.74 Å². The third-order valence-electron chi connectivity index (χ3n) is 2.66. The maximum absolute atomic E-state index is 13.7. The first-order chi connectivity index (χ1) is 8.17. The lowest BCUT2D eigenvalue weighted by atomic mass is 10.2. The molecular formula is C14H22FNO. The van der Waals surface area contributed by atoms with Crippen LogP contribution < -0.4 is 10.1 Å². The van der Waals surface area contributed by atoms with Crippen molar-refractivity contribution in [1.29, 1.82) is 0 Å². The number of hydrogen-bond donors (Lipinski definition) is 1. The predicted molar refractivity (Wildman–Crippen MR) is 68.8 cm³/mol. The van der Waals surface area contributed by atoms with Gasteiger partial charge in [0.15, 0.2) is 11.6 Å². The van der Waals surface area contributed by atoms with Gasteiger partial charge in [0.1, 0.15) is 0 Å². The number of benzene rings is 1. The number of rotatable bonds is 7. The molecule has 1 aromatic carbocycles. The quantitative estimate of drug-likeness (QED) is 0.735. The minimum atomic E-state index is -0.277. The molecule has 0 fully saturated rings. The Kier molecular flexibility index (Phi) is 5.98. The monoisotopic (exact) mass is 239 g/mol. The molecular weight excluding hydrogens is 217 g/mol. The SMILES string of the molecule is CCCNCc1ccc(OC(C)CC)c(F)c1. The smallest absolute Gasteiger partial charge is 0.165 e. The number of hydrogen-bond acceptors (Lipinski definition) is 2. The molecule has 0 amide bonds. The van der Waals surface area contributed by atoms with E-state index in [1.54, 1.807) is 12.1 Å². The van der Waals surface area contributed by atoms with E-state index in [0.717, 1.165) is 24.9 Å². The second kappa shape index (κ2) is 7.28. The summed E-state index contributed by atoms with van der Waals surface area (Å²) in [5.41, 5.74) is 0.951. The summed E-state index contributed by atoms with van der Waals surface area (Å²) in [5.74, 6) is 0.0692. The fraction of sp³-hybridized carbons (Fsp3) is 0.571. The van der Waals surface area contributed by atoms with Crippen LogP contribution in [0, 0.1) is 5.82 Å². The van der Waals surface area contributed by atoms with E-state index in [0.29, 0.717) is 12.3 Å². The zero-order chi connectivity index (χ0) is 12.7. The maximum atomic E-state index is 13.7. The molecule has 0 spiro atoms. The molecule has 1 aromatic rings. The molecule has 1 unspecified atom stereocenters. The van der Waals surface area contributed by atoms with E-state index in [9.17, 15) is 4.39 Å². The molecule has 3 heteroatoms. The third kappa shape index (κ3) is 4.73.